The number of ketones is 1. The van der Waals surface area contributed by atoms with Crippen molar-refractivity contribution in [2.45, 2.75) is 52.6 Å². The highest BCUT2D eigenvalue weighted by Crippen LogP contribution is 2.23. The molecule has 1 heterocycles. The molecule has 1 aromatic rings. The van der Waals surface area contributed by atoms with Gasteiger partial charge in [0.25, 0.3) is 0 Å². The van der Waals surface area contributed by atoms with Gasteiger partial charge in [0, 0.05) is 18.5 Å². The van der Waals surface area contributed by atoms with Crippen LogP contribution in [0.3, 0.4) is 0 Å². The Kier molecular flexibility index (Phi) is 6.02. The lowest BCUT2D eigenvalue weighted by Gasteiger charge is -2.13. The minimum Gasteiger partial charge on any atom is -0.493 e. The summed E-state index contributed by atoms with van der Waals surface area (Å²) in [6.07, 6.45) is 4.36. The summed E-state index contributed by atoms with van der Waals surface area (Å²) in [5.41, 5.74) is 6.30. The highest BCUT2D eigenvalue weighted by molar-refractivity contribution is 5.98. The second-order valence-electron chi connectivity index (χ2n) is 5.05. The molecule has 0 saturated heterocycles. The minimum atomic E-state index is -0.0327. The van der Waals surface area contributed by atoms with Crippen LogP contribution in [0.5, 0.6) is 5.75 Å². The van der Waals surface area contributed by atoms with Crippen LogP contribution in [0.4, 0.5) is 0 Å². The maximum atomic E-state index is 12.5. The van der Waals surface area contributed by atoms with E-state index in [9.17, 15) is 4.79 Å². The number of nitrogens with zero attached hydrogens (tertiary/aromatic N) is 2. The number of nitrogens with two attached hydrogens (primary N) is 1. The molecule has 0 saturated carbocycles. The number of rotatable bonds is 8. The van der Waals surface area contributed by atoms with Gasteiger partial charge >= 0.3 is 0 Å². The van der Waals surface area contributed by atoms with E-state index in [0.717, 1.165) is 19.3 Å². The largest absolute Gasteiger partial charge is 0.493 e. The van der Waals surface area contributed by atoms with Crippen LogP contribution in [-0.4, -0.2) is 28.7 Å². The Bertz CT molecular complexity index is 391. The molecule has 0 aliphatic carbocycles. The van der Waals surface area contributed by atoms with Gasteiger partial charge in [0.2, 0.25) is 0 Å². The van der Waals surface area contributed by atoms with Crippen LogP contribution in [0.1, 0.15) is 50.5 Å². The van der Waals surface area contributed by atoms with Crippen molar-refractivity contribution in [1.82, 2.24) is 9.78 Å². The molecule has 0 aromatic carbocycles. The highest BCUT2D eigenvalue weighted by Gasteiger charge is 2.23. The zero-order valence-electron chi connectivity index (χ0n) is 12.3. The summed E-state index contributed by atoms with van der Waals surface area (Å²) in [5, 5.41) is 4.17. The molecule has 0 fully saturated rings. The van der Waals surface area contributed by atoms with Crippen molar-refractivity contribution in [3.05, 3.63) is 11.9 Å². The average molecular weight is 267 g/mol. The van der Waals surface area contributed by atoms with E-state index in [4.69, 9.17) is 10.5 Å². The maximum absolute atomic E-state index is 12.5. The summed E-state index contributed by atoms with van der Waals surface area (Å²) in [4.78, 5) is 12.5. The van der Waals surface area contributed by atoms with Crippen LogP contribution in [0, 0.1) is 5.92 Å². The zero-order valence-corrected chi connectivity index (χ0v) is 12.3. The summed E-state index contributed by atoms with van der Waals surface area (Å²) in [7, 11) is 1.56. The molecule has 0 amide bonds. The molecule has 2 N–H and O–H groups in total. The van der Waals surface area contributed by atoms with Gasteiger partial charge in [0.15, 0.2) is 11.5 Å². The molecule has 0 radical (unpaired) electrons. The molecule has 0 aliphatic rings. The van der Waals surface area contributed by atoms with Crippen LogP contribution in [0.25, 0.3) is 0 Å². The van der Waals surface area contributed by atoms with E-state index >= 15 is 0 Å². The van der Waals surface area contributed by atoms with Crippen molar-refractivity contribution in [3.63, 3.8) is 0 Å². The fourth-order valence-corrected chi connectivity index (χ4v) is 2.12. The van der Waals surface area contributed by atoms with E-state index in [1.54, 1.807) is 18.0 Å². The molecule has 2 atom stereocenters. The number of ether oxygens (including phenoxy) is 1. The van der Waals surface area contributed by atoms with Gasteiger partial charge in [-0.15, -0.1) is 0 Å². The molecular formula is C14H25N3O2. The lowest BCUT2D eigenvalue weighted by atomic mass is 9.96. The molecule has 0 bridgehead atoms. The van der Waals surface area contributed by atoms with Gasteiger partial charge in [-0.25, -0.2) is 0 Å². The number of methoxy groups -OCH3 is 1. The van der Waals surface area contributed by atoms with E-state index < -0.39 is 0 Å². The van der Waals surface area contributed by atoms with E-state index in [1.807, 2.05) is 20.8 Å². The second kappa shape index (κ2) is 7.28. The van der Waals surface area contributed by atoms with E-state index in [1.165, 1.54) is 0 Å². The Morgan fingerprint density at radius 3 is 2.68 bits per heavy atom. The number of aryl methyl sites for hydroxylation is 1. The first-order chi connectivity index (χ1) is 9.01. The Morgan fingerprint density at radius 1 is 1.47 bits per heavy atom. The zero-order chi connectivity index (χ0) is 14.4. The first-order valence-electron chi connectivity index (χ1n) is 6.90. The molecule has 0 spiro atoms. The van der Waals surface area contributed by atoms with Crippen LogP contribution in [0.2, 0.25) is 0 Å². The number of hydrogen-bond donors (Lipinski definition) is 1. The standard InChI is InChI=1S/C14H25N3O2/c1-5-17-13(12(19-4)9-16-17)14(18)10(2)7-6-8-11(3)15/h9-11H,5-8,15H2,1-4H3. The lowest BCUT2D eigenvalue weighted by Crippen LogP contribution is -2.19. The fraction of sp³-hybridized carbons (Fsp3) is 0.714. The lowest BCUT2D eigenvalue weighted by molar-refractivity contribution is 0.0907. The highest BCUT2D eigenvalue weighted by atomic mass is 16.5. The van der Waals surface area contributed by atoms with Crippen LogP contribution < -0.4 is 10.5 Å². The number of Topliss-reactive ketones (excluding diaryl/α,β-unsaturated/α-hetero) is 1. The fourth-order valence-electron chi connectivity index (χ4n) is 2.12. The van der Waals surface area contributed by atoms with Gasteiger partial charge in [-0.1, -0.05) is 13.3 Å². The SMILES string of the molecule is CCn1ncc(OC)c1C(=O)C(C)CCCC(C)N. The van der Waals surface area contributed by atoms with Crippen LogP contribution in [-0.2, 0) is 6.54 Å². The van der Waals surface area contributed by atoms with E-state index in [-0.39, 0.29) is 17.7 Å². The smallest absolute Gasteiger partial charge is 0.187 e. The van der Waals surface area contributed by atoms with Crippen molar-refractivity contribution in [2.75, 3.05) is 7.11 Å². The number of aromatic nitrogens is 2. The molecule has 1 rings (SSSR count). The molecule has 5 nitrogen and oxygen atoms in total. The predicted molar refractivity (Wildman–Crippen MR) is 75.4 cm³/mol. The quantitative estimate of drug-likeness (QED) is 0.733. The minimum absolute atomic E-state index is 0.0327. The average Bonchev–Trinajstić information content (AvgIpc) is 2.79. The van der Waals surface area contributed by atoms with Crippen molar-refractivity contribution >= 4 is 5.78 Å². The van der Waals surface area contributed by atoms with Gasteiger partial charge in [-0.3, -0.25) is 9.48 Å². The van der Waals surface area contributed by atoms with Crippen molar-refractivity contribution in [1.29, 1.82) is 0 Å². The van der Waals surface area contributed by atoms with E-state index in [0.29, 0.717) is 18.0 Å². The van der Waals surface area contributed by atoms with Gasteiger partial charge in [-0.2, -0.15) is 5.10 Å². The Balaban J connectivity index is 2.73. The first-order valence-corrected chi connectivity index (χ1v) is 6.90. The third-order valence-electron chi connectivity index (χ3n) is 3.30. The van der Waals surface area contributed by atoms with Crippen LogP contribution in [0.15, 0.2) is 6.20 Å². The van der Waals surface area contributed by atoms with E-state index in [2.05, 4.69) is 5.10 Å². The number of carbonyl (C=O) groups is 1. The third kappa shape index (κ3) is 4.06. The second-order valence-corrected chi connectivity index (χ2v) is 5.05. The predicted octanol–water partition coefficient (Wildman–Crippen LogP) is 2.25. The maximum Gasteiger partial charge on any atom is 0.187 e. The molecule has 1 aromatic heterocycles. The molecule has 2 unspecified atom stereocenters. The summed E-state index contributed by atoms with van der Waals surface area (Å²) >= 11 is 0. The molecule has 0 aliphatic heterocycles. The molecule has 5 heteroatoms. The van der Waals surface area contributed by atoms with Gasteiger partial charge in [0.05, 0.1) is 13.3 Å². The Labute approximate surface area is 115 Å². The monoisotopic (exact) mass is 267 g/mol. The number of carbonyl (C=O) groups excluding carboxylic acids is 1. The third-order valence-corrected chi connectivity index (χ3v) is 3.30. The molecule has 19 heavy (non-hydrogen) atoms. The van der Waals surface area contributed by atoms with Gasteiger partial charge in [-0.05, 0) is 26.7 Å². The first kappa shape index (κ1) is 15.7. The Morgan fingerprint density at radius 2 is 2.16 bits per heavy atom. The molecule has 108 valence electrons. The summed E-state index contributed by atoms with van der Waals surface area (Å²) in [5.74, 6) is 0.626. The number of hydrogen-bond acceptors (Lipinski definition) is 4. The van der Waals surface area contributed by atoms with Crippen molar-refractivity contribution in [3.8, 4) is 5.75 Å². The van der Waals surface area contributed by atoms with Gasteiger partial charge < -0.3 is 10.5 Å². The van der Waals surface area contributed by atoms with Crippen LogP contribution >= 0.6 is 0 Å². The van der Waals surface area contributed by atoms with Crippen molar-refractivity contribution < 1.29 is 9.53 Å². The topological polar surface area (TPSA) is 70.1 Å². The molecular weight excluding hydrogens is 242 g/mol. The normalized spacial score (nSPS) is 14.2. The van der Waals surface area contributed by atoms with Gasteiger partial charge in [0.1, 0.15) is 5.69 Å². The summed E-state index contributed by atoms with van der Waals surface area (Å²) < 4.78 is 6.92. The Hall–Kier alpha value is -1.36. The summed E-state index contributed by atoms with van der Waals surface area (Å²) in [6.45, 7) is 6.57. The van der Waals surface area contributed by atoms with Crippen molar-refractivity contribution in [2.24, 2.45) is 11.7 Å². The summed E-state index contributed by atoms with van der Waals surface area (Å²) in [6, 6.07) is 0.193.